The number of morpholine rings is 1. The van der Waals surface area contributed by atoms with Crippen LogP contribution in [-0.2, 0) is 4.74 Å². The number of hydrogen-bond acceptors (Lipinski definition) is 4. The molecule has 16 heavy (non-hydrogen) atoms. The normalized spacial score (nSPS) is 25.3. The van der Waals surface area contributed by atoms with Gasteiger partial charge in [-0.3, -0.25) is 0 Å². The molecule has 1 heterocycles. The Morgan fingerprint density at radius 2 is 2.25 bits per heavy atom. The number of hydrogen-bond donors (Lipinski definition) is 2. The first-order chi connectivity index (χ1) is 7.72. The summed E-state index contributed by atoms with van der Waals surface area (Å²) in [4.78, 5) is 0. The Hall–Kier alpha value is 0.230. The molecule has 0 spiro atoms. The van der Waals surface area contributed by atoms with Gasteiger partial charge in [0.25, 0.3) is 0 Å². The van der Waals surface area contributed by atoms with Gasteiger partial charge in [0.2, 0.25) is 0 Å². The second-order valence-corrected chi connectivity index (χ2v) is 5.70. The molecule has 4 heteroatoms. The van der Waals surface area contributed by atoms with Crippen LogP contribution in [0.15, 0.2) is 0 Å². The highest BCUT2D eigenvalue weighted by Gasteiger charge is 2.16. The van der Waals surface area contributed by atoms with Gasteiger partial charge in [-0.25, -0.2) is 0 Å². The van der Waals surface area contributed by atoms with Crippen molar-refractivity contribution in [2.75, 3.05) is 31.8 Å². The molecule has 1 aliphatic heterocycles. The van der Waals surface area contributed by atoms with Crippen LogP contribution >= 0.6 is 11.8 Å². The molecule has 1 fully saturated rings. The fraction of sp³-hybridized carbons (Fsp3) is 1.00. The van der Waals surface area contributed by atoms with E-state index in [1.807, 2.05) is 11.8 Å². The summed E-state index contributed by atoms with van der Waals surface area (Å²) < 4.78 is 5.46. The summed E-state index contributed by atoms with van der Waals surface area (Å²) in [7, 11) is 0. The molecule has 0 amide bonds. The van der Waals surface area contributed by atoms with Crippen LogP contribution in [0.3, 0.4) is 0 Å². The highest BCUT2D eigenvalue weighted by molar-refractivity contribution is 7.98. The average molecular weight is 246 g/mol. The topological polar surface area (TPSA) is 33.3 Å². The first kappa shape index (κ1) is 14.3. The van der Waals surface area contributed by atoms with Crippen LogP contribution in [0.5, 0.6) is 0 Å². The van der Waals surface area contributed by atoms with Gasteiger partial charge >= 0.3 is 0 Å². The van der Waals surface area contributed by atoms with Crippen molar-refractivity contribution in [1.29, 1.82) is 0 Å². The fourth-order valence-electron chi connectivity index (χ4n) is 2.13. The van der Waals surface area contributed by atoms with Crippen molar-refractivity contribution < 1.29 is 4.74 Å². The first-order valence-corrected chi connectivity index (χ1v) is 7.68. The Balaban J connectivity index is 2.11. The molecule has 3 nitrogen and oxygen atoms in total. The molecule has 0 aromatic rings. The molecule has 1 rings (SSSR count). The summed E-state index contributed by atoms with van der Waals surface area (Å²) in [6, 6.07) is 1.71. The Morgan fingerprint density at radius 3 is 2.88 bits per heavy atom. The van der Waals surface area contributed by atoms with Gasteiger partial charge in [-0.05, 0) is 38.7 Å². The van der Waals surface area contributed by atoms with E-state index >= 15 is 0 Å². The minimum atomic E-state index is 0.531. The zero-order valence-corrected chi connectivity index (χ0v) is 11.6. The van der Waals surface area contributed by atoms with E-state index in [0.717, 1.165) is 26.2 Å². The molecule has 0 aromatic carbocycles. The van der Waals surface area contributed by atoms with Gasteiger partial charge in [0.1, 0.15) is 0 Å². The van der Waals surface area contributed by atoms with E-state index in [2.05, 4.69) is 30.7 Å². The quantitative estimate of drug-likeness (QED) is 0.713. The molecule has 0 radical (unpaired) electrons. The smallest absolute Gasteiger partial charge is 0.0620 e. The predicted octanol–water partition coefficient (Wildman–Crippen LogP) is 1.48. The maximum atomic E-state index is 5.46. The molecule has 3 unspecified atom stereocenters. The van der Waals surface area contributed by atoms with Gasteiger partial charge in [0, 0.05) is 24.7 Å². The molecule has 0 saturated carbocycles. The average Bonchev–Trinajstić information content (AvgIpc) is 2.27. The number of nitrogens with one attached hydrogen (secondary N) is 2. The van der Waals surface area contributed by atoms with Gasteiger partial charge in [-0.15, -0.1) is 0 Å². The lowest BCUT2D eigenvalue weighted by molar-refractivity contribution is 0.0708. The largest absolute Gasteiger partial charge is 0.379 e. The van der Waals surface area contributed by atoms with Gasteiger partial charge in [-0.2, -0.15) is 11.8 Å². The van der Waals surface area contributed by atoms with Crippen LogP contribution in [0.1, 0.15) is 26.7 Å². The highest BCUT2D eigenvalue weighted by Crippen LogP contribution is 2.05. The summed E-state index contributed by atoms with van der Waals surface area (Å²) in [5.74, 6) is 1.24. The summed E-state index contributed by atoms with van der Waals surface area (Å²) in [6.45, 7) is 7.27. The third-order valence-electron chi connectivity index (χ3n) is 2.96. The molecule has 3 atom stereocenters. The summed E-state index contributed by atoms with van der Waals surface area (Å²) in [5, 5.41) is 7.15. The zero-order valence-electron chi connectivity index (χ0n) is 10.8. The maximum Gasteiger partial charge on any atom is 0.0620 e. The maximum absolute atomic E-state index is 5.46. The van der Waals surface area contributed by atoms with Crippen LogP contribution in [0.2, 0.25) is 0 Å². The van der Waals surface area contributed by atoms with Crippen LogP contribution in [0.4, 0.5) is 0 Å². The van der Waals surface area contributed by atoms with Gasteiger partial charge in [0.05, 0.1) is 13.2 Å². The SMILES string of the molecule is CSCCC(C)NC(C)CC1COCCN1. The van der Waals surface area contributed by atoms with Crippen LogP contribution in [-0.4, -0.2) is 49.9 Å². The van der Waals surface area contributed by atoms with E-state index < -0.39 is 0 Å². The summed E-state index contributed by atoms with van der Waals surface area (Å²) >= 11 is 1.92. The second-order valence-electron chi connectivity index (χ2n) is 4.71. The van der Waals surface area contributed by atoms with Crippen LogP contribution in [0.25, 0.3) is 0 Å². The monoisotopic (exact) mass is 246 g/mol. The number of rotatable bonds is 7. The van der Waals surface area contributed by atoms with Gasteiger partial charge in [-0.1, -0.05) is 0 Å². The van der Waals surface area contributed by atoms with E-state index in [-0.39, 0.29) is 0 Å². The molecule has 0 aromatic heterocycles. The number of ether oxygens (including phenoxy) is 1. The van der Waals surface area contributed by atoms with Gasteiger partial charge in [0.15, 0.2) is 0 Å². The zero-order chi connectivity index (χ0) is 11.8. The van der Waals surface area contributed by atoms with Crippen LogP contribution in [0, 0.1) is 0 Å². The molecule has 1 saturated heterocycles. The van der Waals surface area contributed by atoms with Crippen molar-refractivity contribution in [2.45, 2.75) is 44.8 Å². The predicted molar refractivity (Wildman–Crippen MR) is 72.3 cm³/mol. The van der Waals surface area contributed by atoms with Crippen molar-refractivity contribution in [3.63, 3.8) is 0 Å². The van der Waals surface area contributed by atoms with E-state index in [0.29, 0.717) is 18.1 Å². The van der Waals surface area contributed by atoms with E-state index in [1.165, 1.54) is 12.2 Å². The van der Waals surface area contributed by atoms with E-state index in [4.69, 9.17) is 4.74 Å². The second kappa shape index (κ2) is 8.34. The third kappa shape index (κ3) is 6.09. The lowest BCUT2D eigenvalue weighted by atomic mass is 10.1. The van der Waals surface area contributed by atoms with E-state index in [9.17, 15) is 0 Å². The fourth-order valence-corrected chi connectivity index (χ4v) is 2.72. The molecular formula is C12H26N2OS. The Bertz CT molecular complexity index is 174. The Kier molecular flexibility index (Phi) is 7.45. The molecule has 0 aliphatic carbocycles. The van der Waals surface area contributed by atoms with Crippen LogP contribution < -0.4 is 10.6 Å². The molecule has 96 valence electrons. The molecule has 2 N–H and O–H groups in total. The Labute approximate surface area is 104 Å². The molecular weight excluding hydrogens is 220 g/mol. The molecule has 1 aliphatic rings. The standard InChI is InChI=1S/C12H26N2OS/c1-10(4-7-16-3)14-11(2)8-12-9-15-6-5-13-12/h10-14H,4-9H2,1-3H3. The molecule has 0 bridgehead atoms. The first-order valence-electron chi connectivity index (χ1n) is 6.28. The lowest BCUT2D eigenvalue weighted by Crippen LogP contribution is -2.46. The summed E-state index contributed by atoms with van der Waals surface area (Å²) in [5.41, 5.74) is 0. The highest BCUT2D eigenvalue weighted by atomic mass is 32.2. The third-order valence-corrected chi connectivity index (χ3v) is 3.60. The van der Waals surface area contributed by atoms with E-state index in [1.54, 1.807) is 0 Å². The van der Waals surface area contributed by atoms with Crippen molar-refractivity contribution in [3.05, 3.63) is 0 Å². The van der Waals surface area contributed by atoms with Crippen molar-refractivity contribution in [2.24, 2.45) is 0 Å². The number of thioether (sulfide) groups is 1. The van der Waals surface area contributed by atoms with Crippen molar-refractivity contribution >= 4 is 11.8 Å². The Morgan fingerprint density at radius 1 is 1.44 bits per heavy atom. The summed E-state index contributed by atoms with van der Waals surface area (Å²) in [6.07, 6.45) is 4.57. The lowest BCUT2D eigenvalue weighted by Gasteiger charge is -2.28. The van der Waals surface area contributed by atoms with Gasteiger partial charge < -0.3 is 15.4 Å². The minimum Gasteiger partial charge on any atom is -0.379 e. The van der Waals surface area contributed by atoms with Crippen molar-refractivity contribution in [3.8, 4) is 0 Å². The van der Waals surface area contributed by atoms with Crippen molar-refractivity contribution in [1.82, 2.24) is 10.6 Å². The minimum absolute atomic E-state index is 0.531.